The van der Waals surface area contributed by atoms with E-state index in [4.69, 9.17) is 26.3 Å². The molecule has 1 fully saturated rings. The third kappa shape index (κ3) is 4.32. The molecule has 1 saturated heterocycles. The molecule has 176 valence electrons. The molecule has 1 aliphatic heterocycles. The van der Waals surface area contributed by atoms with E-state index in [1.807, 2.05) is 13.0 Å². The van der Waals surface area contributed by atoms with Gasteiger partial charge in [0.25, 0.3) is 11.7 Å². The second kappa shape index (κ2) is 9.92. The van der Waals surface area contributed by atoms with Crippen molar-refractivity contribution in [2.24, 2.45) is 0 Å². The van der Waals surface area contributed by atoms with E-state index >= 15 is 0 Å². The molecule has 0 radical (unpaired) electrons. The lowest BCUT2D eigenvalue weighted by Gasteiger charge is -2.26. The Morgan fingerprint density at radius 1 is 1.11 bits per heavy atom. The monoisotopic (exact) mass is 488 g/mol. The van der Waals surface area contributed by atoms with Crippen LogP contribution in [-0.4, -0.2) is 30.5 Å². The molecule has 1 atom stereocenters. The van der Waals surface area contributed by atoms with E-state index in [2.05, 4.69) is 0 Å². The number of nitrogens with zero attached hydrogens (tertiary/aromatic N) is 2. The molecule has 1 heterocycles. The summed E-state index contributed by atoms with van der Waals surface area (Å²) in [5.74, 6) is -1.25. The molecule has 3 aromatic rings. The molecule has 0 aromatic heterocycles. The van der Waals surface area contributed by atoms with Gasteiger partial charge in [0.1, 0.15) is 17.3 Å². The predicted molar refractivity (Wildman–Crippen MR) is 132 cm³/mol. The number of hydrogen-bond donors (Lipinski definition) is 1. The van der Waals surface area contributed by atoms with Crippen molar-refractivity contribution in [3.63, 3.8) is 0 Å². The maximum Gasteiger partial charge on any atom is 0.300 e. The number of ketones is 1. The fraction of sp³-hybridized carbons (Fsp3) is 0.148. The number of amides is 1. The Morgan fingerprint density at radius 3 is 2.49 bits per heavy atom. The fourth-order valence-electron chi connectivity index (χ4n) is 4.07. The van der Waals surface area contributed by atoms with Crippen LogP contribution in [0.3, 0.4) is 0 Å². The van der Waals surface area contributed by atoms with Gasteiger partial charge in [-0.15, -0.1) is 0 Å². The molecule has 3 aromatic carbocycles. The number of aliphatic hydroxyl groups excluding tert-OH is 1. The summed E-state index contributed by atoms with van der Waals surface area (Å²) in [6.45, 7) is 2.21. The van der Waals surface area contributed by atoms with Gasteiger partial charge in [0.15, 0.2) is 0 Å². The Balaban J connectivity index is 1.98. The number of hydrogen-bond acceptors (Lipinski definition) is 6. The minimum absolute atomic E-state index is 0.139. The number of methoxy groups -OCH3 is 1. The van der Waals surface area contributed by atoms with Gasteiger partial charge in [-0.3, -0.25) is 14.5 Å². The molecule has 0 aliphatic carbocycles. The third-order valence-corrected chi connectivity index (χ3v) is 5.99. The van der Waals surface area contributed by atoms with Crippen molar-refractivity contribution in [1.82, 2.24) is 0 Å². The Labute approximate surface area is 207 Å². The molecule has 35 heavy (non-hydrogen) atoms. The van der Waals surface area contributed by atoms with E-state index in [0.717, 1.165) is 0 Å². The van der Waals surface area contributed by atoms with E-state index in [-0.39, 0.29) is 16.2 Å². The summed E-state index contributed by atoms with van der Waals surface area (Å²) in [6, 6.07) is 18.9. The zero-order chi connectivity index (χ0) is 25.1. The third-order valence-electron chi connectivity index (χ3n) is 5.66. The predicted octanol–water partition coefficient (Wildman–Crippen LogP) is 5.25. The maximum absolute atomic E-state index is 13.4. The molecule has 1 amide bonds. The van der Waals surface area contributed by atoms with E-state index in [9.17, 15) is 14.7 Å². The number of Topliss-reactive ketones (excluding diaryl/α,β-unsaturated/α-hetero) is 1. The summed E-state index contributed by atoms with van der Waals surface area (Å²) in [5, 5.41) is 20.7. The molecule has 1 unspecified atom stereocenters. The minimum Gasteiger partial charge on any atom is -0.507 e. The number of ether oxygens (including phenoxy) is 2. The number of benzene rings is 3. The Hall–Kier alpha value is -4.28. The highest BCUT2D eigenvalue weighted by molar-refractivity contribution is 6.52. The SMILES string of the molecule is CCOc1ccc(Cl)c(/C(O)=C2\C(=O)C(=O)N(c3ccc(C#N)cc3)C2c2ccccc2OC)c1. The summed E-state index contributed by atoms with van der Waals surface area (Å²) in [5.41, 5.74) is 1.31. The van der Waals surface area contributed by atoms with Gasteiger partial charge in [0.2, 0.25) is 0 Å². The standard InChI is InChI=1S/C27H21ClN2O5/c1-3-35-18-12-13-21(28)20(14-18)25(31)23-24(19-6-4-5-7-22(19)34-2)30(27(33)26(23)32)17-10-8-16(15-29)9-11-17/h4-14,24,31H,3H2,1-2H3/b25-23+. The molecule has 1 N–H and O–H groups in total. The van der Waals surface area contributed by atoms with Gasteiger partial charge in [-0.25, -0.2) is 0 Å². The summed E-state index contributed by atoms with van der Waals surface area (Å²) in [7, 11) is 1.48. The van der Waals surface area contributed by atoms with Crippen molar-refractivity contribution >= 4 is 34.7 Å². The van der Waals surface area contributed by atoms with Gasteiger partial charge >= 0.3 is 0 Å². The first-order chi connectivity index (χ1) is 16.9. The number of carbonyl (C=O) groups is 2. The summed E-state index contributed by atoms with van der Waals surface area (Å²) < 4.78 is 11.0. The van der Waals surface area contributed by atoms with Gasteiger partial charge in [-0.05, 0) is 55.5 Å². The normalized spacial score (nSPS) is 16.7. The lowest BCUT2D eigenvalue weighted by Crippen LogP contribution is -2.29. The van der Waals surface area contributed by atoms with Crippen LogP contribution in [0.25, 0.3) is 5.76 Å². The largest absolute Gasteiger partial charge is 0.507 e. The van der Waals surface area contributed by atoms with Gasteiger partial charge < -0.3 is 14.6 Å². The van der Waals surface area contributed by atoms with E-state index < -0.39 is 23.5 Å². The van der Waals surface area contributed by atoms with E-state index in [1.165, 1.54) is 18.1 Å². The van der Waals surface area contributed by atoms with Crippen LogP contribution in [0, 0.1) is 11.3 Å². The van der Waals surface area contributed by atoms with Crippen LogP contribution in [0.5, 0.6) is 11.5 Å². The van der Waals surface area contributed by atoms with Gasteiger partial charge in [0.05, 0.1) is 42.0 Å². The zero-order valence-electron chi connectivity index (χ0n) is 19.0. The second-order valence-electron chi connectivity index (χ2n) is 7.64. The lowest BCUT2D eigenvalue weighted by atomic mass is 9.94. The molecule has 8 heteroatoms. The Bertz CT molecular complexity index is 1380. The maximum atomic E-state index is 13.4. The first kappa shape index (κ1) is 23.9. The average molecular weight is 489 g/mol. The van der Waals surface area contributed by atoms with Crippen LogP contribution in [0.15, 0.2) is 72.3 Å². The van der Waals surface area contributed by atoms with Gasteiger partial charge in [0, 0.05) is 16.8 Å². The summed E-state index contributed by atoms with van der Waals surface area (Å²) in [6.07, 6.45) is 0. The van der Waals surface area contributed by atoms with Crippen LogP contribution < -0.4 is 14.4 Å². The number of para-hydroxylation sites is 1. The number of nitriles is 1. The molecule has 1 aliphatic rings. The van der Waals surface area contributed by atoms with E-state index in [0.29, 0.717) is 34.9 Å². The van der Waals surface area contributed by atoms with Crippen LogP contribution in [-0.2, 0) is 9.59 Å². The van der Waals surface area contributed by atoms with Gasteiger partial charge in [-0.1, -0.05) is 29.8 Å². The van der Waals surface area contributed by atoms with Crippen LogP contribution in [0.1, 0.15) is 29.7 Å². The Kier molecular flexibility index (Phi) is 6.76. The first-order valence-corrected chi connectivity index (χ1v) is 11.2. The Morgan fingerprint density at radius 2 is 1.83 bits per heavy atom. The lowest BCUT2D eigenvalue weighted by molar-refractivity contribution is -0.132. The van der Waals surface area contributed by atoms with Gasteiger partial charge in [-0.2, -0.15) is 5.26 Å². The highest BCUT2D eigenvalue weighted by Crippen LogP contribution is 2.45. The number of anilines is 1. The minimum atomic E-state index is -1.01. The van der Waals surface area contributed by atoms with Crippen molar-refractivity contribution in [3.05, 3.63) is 94.0 Å². The molecular formula is C27H21ClN2O5. The smallest absolute Gasteiger partial charge is 0.300 e. The highest BCUT2D eigenvalue weighted by atomic mass is 35.5. The number of carbonyl (C=O) groups excluding carboxylic acids is 2. The van der Waals surface area contributed by atoms with Crippen molar-refractivity contribution in [2.45, 2.75) is 13.0 Å². The number of rotatable bonds is 6. The highest BCUT2D eigenvalue weighted by Gasteiger charge is 2.48. The van der Waals surface area contributed by atoms with Crippen LogP contribution in [0.4, 0.5) is 5.69 Å². The average Bonchev–Trinajstić information content (AvgIpc) is 3.15. The number of aliphatic hydroxyl groups is 1. The molecular weight excluding hydrogens is 468 g/mol. The topological polar surface area (TPSA) is 99.9 Å². The summed E-state index contributed by atoms with van der Waals surface area (Å²) in [4.78, 5) is 28.0. The van der Waals surface area contributed by atoms with Crippen molar-refractivity contribution in [1.29, 1.82) is 5.26 Å². The van der Waals surface area contributed by atoms with Crippen molar-refractivity contribution < 1.29 is 24.2 Å². The molecule has 0 bridgehead atoms. The molecule has 4 rings (SSSR count). The first-order valence-electron chi connectivity index (χ1n) is 10.8. The fourth-order valence-corrected chi connectivity index (χ4v) is 4.28. The number of halogens is 1. The molecule has 7 nitrogen and oxygen atoms in total. The summed E-state index contributed by atoms with van der Waals surface area (Å²) >= 11 is 6.38. The quantitative estimate of drug-likeness (QED) is 0.289. The molecule has 0 spiro atoms. The van der Waals surface area contributed by atoms with Crippen LogP contribution in [0.2, 0.25) is 5.02 Å². The second-order valence-corrected chi connectivity index (χ2v) is 8.05. The molecule has 0 saturated carbocycles. The van der Waals surface area contributed by atoms with Crippen molar-refractivity contribution in [2.75, 3.05) is 18.6 Å². The van der Waals surface area contributed by atoms with Crippen molar-refractivity contribution in [3.8, 4) is 17.6 Å². The van der Waals surface area contributed by atoms with Crippen LogP contribution >= 0.6 is 11.6 Å². The van der Waals surface area contributed by atoms with E-state index in [1.54, 1.807) is 60.7 Å². The zero-order valence-corrected chi connectivity index (χ0v) is 19.7.